The van der Waals surface area contributed by atoms with Crippen LogP contribution in [0.1, 0.15) is 55.3 Å². The molecule has 0 aliphatic heterocycles. The number of methoxy groups -OCH3 is 1. The van der Waals surface area contributed by atoms with Gasteiger partial charge in [-0.15, -0.1) is 0 Å². The molecule has 29 heavy (non-hydrogen) atoms. The minimum Gasteiger partial charge on any atom is -0.496 e. The quantitative estimate of drug-likeness (QED) is 0.766. The molecule has 2 aromatic carbocycles. The second-order valence-electron chi connectivity index (χ2n) is 9.50. The van der Waals surface area contributed by atoms with Crippen LogP contribution >= 0.6 is 0 Å². The van der Waals surface area contributed by atoms with Crippen molar-refractivity contribution in [3.05, 3.63) is 42.0 Å². The van der Waals surface area contributed by atoms with E-state index in [2.05, 4.69) is 10.9 Å². The van der Waals surface area contributed by atoms with Crippen molar-refractivity contribution >= 4 is 22.6 Å². The lowest BCUT2D eigenvalue weighted by atomic mass is 9.49. The molecular weight excluding hydrogens is 364 g/mol. The van der Waals surface area contributed by atoms with Crippen LogP contribution in [0, 0.1) is 23.2 Å². The van der Waals surface area contributed by atoms with E-state index in [-0.39, 0.29) is 17.2 Å². The molecular formula is C24H28N2O3. The summed E-state index contributed by atoms with van der Waals surface area (Å²) in [5, 5.41) is 1.96. The van der Waals surface area contributed by atoms with Gasteiger partial charge in [-0.2, -0.15) is 0 Å². The number of benzene rings is 2. The second-order valence-corrected chi connectivity index (χ2v) is 9.50. The zero-order chi connectivity index (χ0) is 20.0. The summed E-state index contributed by atoms with van der Waals surface area (Å²) < 4.78 is 5.40. The van der Waals surface area contributed by atoms with E-state index in [4.69, 9.17) is 4.74 Å². The number of ether oxygens (including phenoxy) is 1. The van der Waals surface area contributed by atoms with Crippen molar-refractivity contribution in [3.8, 4) is 5.75 Å². The summed E-state index contributed by atoms with van der Waals surface area (Å²) in [4.78, 5) is 25.4. The van der Waals surface area contributed by atoms with Gasteiger partial charge in [0, 0.05) is 6.42 Å². The maximum absolute atomic E-state index is 12.7. The number of rotatable bonds is 4. The minimum atomic E-state index is -0.355. The molecule has 2 amide bonds. The van der Waals surface area contributed by atoms with Gasteiger partial charge in [-0.05, 0) is 84.6 Å². The zero-order valence-corrected chi connectivity index (χ0v) is 16.9. The molecule has 0 atom stereocenters. The van der Waals surface area contributed by atoms with E-state index < -0.39 is 0 Å². The molecule has 4 bridgehead atoms. The number of hydrogen-bond donors (Lipinski definition) is 2. The molecule has 6 rings (SSSR count). The van der Waals surface area contributed by atoms with Crippen molar-refractivity contribution in [1.82, 2.24) is 10.9 Å². The summed E-state index contributed by atoms with van der Waals surface area (Å²) >= 11 is 0. The molecule has 5 heteroatoms. The molecule has 4 aliphatic carbocycles. The summed E-state index contributed by atoms with van der Waals surface area (Å²) in [7, 11) is 1.55. The molecule has 2 aromatic rings. The summed E-state index contributed by atoms with van der Waals surface area (Å²) in [5.41, 5.74) is 5.84. The van der Waals surface area contributed by atoms with E-state index in [1.165, 1.54) is 38.5 Å². The normalized spacial score (nSPS) is 29.6. The molecule has 0 radical (unpaired) electrons. The van der Waals surface area contributed by atoms with Crippen LogP contribution in [0.15, 0.2) is 36.4 Å². The predicted octanol–water partition coefficient (Wildman–Crippen LogP) is 4.22. The summed E-state index contributed by atoms with van der Waals surface area (Å²) in [5.74, 6) is 2.49. The van der Waals surface area contributed by atoms with Crippen LogP contribution in [0.5, 0.6) is 5.75 Å². The highest BCUT2D eigenvalue weighted by Crippen LogP contribution is 2.61. The van der Waals surface area contributed by atoms with Crippen LogP contribution in [0.25, 0.3) is 10.8 Å². The fourth-order valence-corrected chi connectivity index (χ4v) is 6.65. The molecule has 0 heterocycles. The van der Waals surface area contributed by atoms with Gasteiger partial charge in [-0.1, -0.05) is 24.3 Å². The molecule has 0 saturated heterocycles. The predicted molar refractivity (Wildman–Crippen MR) is 111 cm³/mol. The van der Waals surface area contributed by atoms with E-state index in [1.807, 2.05) is 30.3 Å². The van der Waals surface area contributed by atoms with Gasteiger partial charge >= 0.3 is 0 Å². The molecule has 5 nitrogen and oxygen atoms in total. The van der Waals surface area contributed by atoms with E-state index in [0.29, 0.717) is 17.7 Å². The van der Waals surface area contributed by atoms with Gasteiger partial charge in [0.25, 0.3) is 5.91 Å². The van der Waals surface area contributed by atoms with Gasteiger partial charge in [0.1, 0.15) is 5.75 Å². The Kier molecular flexibility index (Phi) is 4.49. The molecule has 4 aliphatic rings. The number of hydrazine groups is 1. The van der Waals surface area contributed by atoms with Crippen molar-refractivity contribution in [2.75, 3.05) is 7.11 Å². The zero-order valence-electron chi connectivity index (χ0n) is 16.9. The molecule has 0 unspecified atom stereocenters. The van der Waals surface area contributed by atoms with Gasteiger partial charge in [0.05, 0.1) is 12.7 Å². The highest BCUT2D eigenvalue weighted by molar-refractivity contribution is 6.02. The second kappa shape index (κ2) is 7.05. The minimum absolute atomic E-state index is 0.0833. The standard InChI is InChI=1S/C24H28N2O3/c1-29-21-10-19-5-3-2-4-18(19)9-20(21)23(28)26-25-22(27)14-24-11-15-6-16(12-24)8-17(7-15)13-24/h2-5,9-10,15-17H,6-8,11-14H2,1H3,(H,25,27)(H,26,28). The Morgan fingerprint density at radius 2 is 1.55 bits per heavy atom. The third-order valence-corrected chi connectivity index (χ3v) is 7.33. The topological polar surface area (TPSA) is 67.4 Å². The Morgan fingerprint density at radius 3 is 2.14 bits per heavy atom. The van der Waals surface area contributed by atoms with Crippen molar-refractivity contribution in [3.63, 3.8) is 0 Å². The molecule has 0 aromatic heterocycles. The fraction of sp³-hybridized carbons (Fsp3) is 0.500. The third-order valence-electron chi connectivity index (χ3n) is 7.33. The van der Waals surface area contributed by atoms with E-state index in [1.54, 1.807) is 13.2 Å². The monoisotopic (exact) mass is 392 g/mol. The molecule has 2 N–H and O–H groups in total. The first-order valence-electron chi connectivity index (χ1n) is 10.7. The number of carbonyl (C=O) groups excluding carboxylic acids is 2. The number of fused-ring (bicyclic) bond motifs is 1. The average molecular weight is 392 g/mol. The molecule has 152 valence electrons. The summed E-state index contributed by atoms with van der Waals surface area (Å²) in [6.45, 7) is 0. The fourth-order valence-electron chi connectivity index (χ4n) is 6.65. The van der Waals surface area contributed by atoms with E-state index >= 15 is 0 Å². The molecule has 4 saturated carbocycles. The SMILES string of the molecule is COc1cc2ccccc2cc1C(=O)NNC(=O)CC12CC3CC(CC(C3)C1)C2. The van der Waals surface area contributed by atoms with E-state index in [0.717, 1.165) is 28.5 Å². The highest BCUT2D eigenvalue weighted by atomic mass is 16.5. The van der Waals surface area contributed by atoms with E-state index in [9.17, 15) is 9.59 Å². The third kappa shape index (κ3) is 3.47. The highest BCUT2D eigenvalue weighted by Gasteiger charge is 2.51. The summed E-state index contributed by atoms with van der Waals surface area (Å²) in [6.07, 6.45) is 8.14. The van der Waals surface area contributed by atoms with Crippen LogP contribution in [0.4, 0.5) is 0 Å². The van der Waals surface area contributed by atoms with Crippen LogP contribution < -0.4 is 15.6 Å². The molecule has 4 fully saturated rings. The first-order chi connectivity index (χ1) is 14.0. The van der Waals surface area contributed by atoms with Gasteiger partial charge in [0.2, 0.25) is 5.91 Å². The summed E-state index contributed by atoms with van der Waals surface area (Å²) in [6, 6.07) is 11.5. The van der Waals surface area contributed by atoms with Crippen molar-refractivity contribution in [1.29, 1.82) is 0 Å². The maximum Gasteiger partial charge on any atom is 0.273 e. The van der Waals surface area contributed by atoms with Crippen LogP contribution in [-0.4, -0.2) is 18.9 Å². The number of amides is 2. The Labute approximate surface area is 171 Å². The van der Waals surface area contributed by atoms with Crippen molar-refractivity contribution in [2.45, 2.75) is 44.9 Å². The van der Waals surface area contributed by atoms with Gasteiger partial charge < -0.3 is 4.74 Å². The number of carbonyl (C=O) groups is 2. The van der Waals surface area contributed by atoms with Crippen LogP contribution in [0.2, 0.25) is 0 Å². The Morgan fingerprint density at radius 1 is 0.966 bits per heavy atom. The largest absolute Gasteiger partial charge is 0.496 e. The smallest absolute Gasteiger partial charge is 0.273 e. The first-order valence-corrected chi connectivity index (χ1v) is 10.7. The lowest BCUT2D eigenvalue weighted by Gasteiger charge is -2.56. The maximum atomic E-state index is 12.7. The lowest BCUT2D eigenvalue weighted by Crippen LogP contribution is -2.50. The molecule has 0 spiro atoms. The van der Waals surface area contributed by atoms with Gasteiger partial charge in [-0.3, -0.25) is 20.4 Å². The van der Waals surface area contributed by atoms with Gasteiger partial charge in [-0.25, -0.2) is 0 Å². The number of hydrogen-bond acceptors (Lipinski definition) is 3. The average Bonchev–Trinajstić information content (AvgIpc) is 2.69. The van der Waals surface area contributed by atoms with Crippen LogP contribution in [0.3, 0.4) is 0 Å². The Balaban J connectivity index is 1.25. The van der Waals surface area contributed by atoms with Crippen molar-refractivity contribution < 1.29 is 14.3 Å². The Hall–Kier alpha value is -2.56. The van der Waals surface area contributed by atoms with Crippen LogP contribution in [-0.2, 0) is 4.79 Å². The first kappa shape index (κ1) is 18.5. The van der Waals surface area contributed by atoms with Gasteiger partial charge in [0.15, 0.2) is 0 Å². The number of nitrogens with one attached hydrogen (secondary N) is 2. The Bertz CT molecular complexity index is 932. The lowest BCUT2D eigenvalue weighted by molar-refractivity contribution is -0.130. The van der Waals surface area contributed by atoms with Crippen molar-refractivity contribution in [2.24, 2.45) is 23.2 Å².